The molecule has 2 aromatic rings. The second kappa shape index (κ2) is 6.99. The number of carbonyl (C=O) groups is 1. The Morgan fingerprint density at radius 3 is 2.62 bits per heavy atom. The largest absolute Gasteiger partial charge is 0.354 e. The zero-order valence-electron chi connectivity index (χ0n) is 12.0. The van der Waals surface area contributed by atoms with Gasteiger partial charge in [-0.15, -0.1) is 0 Å². The molecule has 0 saturated heterocycles. The Morgan fingerprint density at radius 2 is 1.95 bits per heavy atom. The number of aryl methyl sites for hydroxylation is 1. The minimum Gasteiger partial charge on any atom is -0.354 e. The fourth-order valence-corrected chi connectivity index (χ4v) is 2.18. The molecule has 0 saturated carbocycles. The van der Waals surface area contributed by atoms with Crippen LogP contribution in [0.2, 0.25) is 0 Å². The summed E-state index contributed by atoms with van der Waals surface area (Å²) in [6, 6.07) is 13.2. The zero-order valence-corrected chi connectivity index (χ0v) is 12.0. The van der Waals surface area contributed by atoms with Gasteiger partial charge >= 0.3 is 0 Å². The molecule has 0 aromatic heterocycles. The number of rotatable bonds is 5. The number of nitrogens with one attached hydrogen (secondary N) is 1. The van der Waals surface area contributed by atoms with Crippen molar-refractivity contribution in [2.24, 2.45) is 5.73 Å². The van der Waals surface area contributed by atoms with Crippen LogP contribution in [-0.4, -0.2) is 12.5 Å². The summed E-state index contributed by atoms with van der Waals surface area (Å²) in [6.07, 6.45) is 0.652. The molecule has 0 aliphatic rings. The van der Waals surface area contributed by atoms with Crippen molar-refractivity contribution in [2.75, 3.05) is 6.54 Å². The summed E-state index contributed by atoms with van der Waals surface area (Å²) in [5, 5.41) is 2.81. The fraction of sp³-hybridized carbons (Fsp3) is 0.235. The average molecular weight is 286 g/mol. The Morgan fingerprint density at radius 1 is 1.24 bits per heavy atom. The number of hydrogen-bond acceptors (Lipinski definition) is 2. The van der Waals surface area contributed by atoms with Gasteiger partial charge in [-0.1, -0.05) is 36.4 Å². The van der Waals surface area contributed by atoms with Crippen molar-refractivity contribution < 1.29 is 9.18 Å². The number of amides is 1. The molecule has 0 heterocycles. The predicted octanol–water partition coefficient (Wildman–Crippen LogP) is 2.49. The average Bonchev–Trinajstić information content (AvgIpc) is 2.49. The zero-order chi connectivity index (χ0) is 15.2. The minimum absolute atomic E-state index is 0.207. The first-order chi connectivity index (χ1) is 10.1. The van der Waals surface area contributed by atoms with Gasteiger partial charge < -0.3 is 11.1 Å². The molecule has 0 spiro atoms. The Labute approximate surface area is 124 Å². The van der Waals surface area contributed by atoms with E-state index < -0.39 is 6.04 Å². The molecule has 110 valence electrons. The lowest BCUT2D eigenvalue weighted by molar-refractivity contribution is -0.122. The highest BCUT2D eigenvalue weighted by atomic mass is 19.1. The Bertz CT molecular complexity index is 613. The summed E-state index contributed by atoms with van der Waals surface area (Å²) in [4.78, 5) is 12.0. The SMILES string of the molecule is Cc1cc(F)ccc1CCNC(=O)C(N)c1ccccc1. The van der Waals surface area contributed by atoms with E-state index in [1.807, 2.05) is 37.3 Å². The molecule has 3 N–H and O–H groups in total. The maximum Gasteiger partial charge on any atom is 0.241 e. The van der Waals surface area contributed by atoms with Crippen molar-refractivity contribution in [2.45, 2.75) is 19.4 Å². The summed E-state index contributed by atoms with van der Waals surface area (Å²) in [6.45, 7) is 2.34. The number of benzene rings is 2. The lowest BCUT2D eigenvalue weighted by Gasteiger charge is -2.13. The van der Waals surface area contributed by atoms with Gasteiger partial charge in [0.15, 0.2) is 0 Å². The van der Waals surface area contributed by atoms with E-state index in [0.29, 0.717) is 13.0 Å². The van der Waals surface area contributed by atoms with Crippen molar-refractivity contribution in [1.29, 1.82) is 0 Å². The summed E-state index contributed by atoms with van der Waals surface area (Å²) in [7, 11) is 0. The molecule has 1 atom stereocenters. The summed E-state index contributed by atoms with van der Waals surface area (Å²) >= 11 is 0. The summed E-state index contributed by atoms with van der Waals surface area (Å²) < 4.78 is 13.0. The third kappa shape index (κ3) is 4.13. The van der Waals surface area contributed by atoms with E-state index in [4.69, 9.17) is 5.73 Å². The van der Waals surface area contributed by atoms with Gasteiger partial charge in [0.25, 0.3) is 0 Å². The Balaban J connectivity index is 1.87. The van der Waals surface area contributed by atoms with E-state index in [1.54, 1.807) is 6.07 Å². The standard InChI is InChI=1S/C17H19FN2O/c1-12-11-15(18)8-7-13(12)9-10-20-17(21)16(19)14-5-3-2-4-6-14/h2-8,11,16H,9-10,19H2,1H3,(H,20,21). The van der Waals surface area contributed by atoms with E-state index in [2.05, 4.69) is 5.32 Å². The van der Waals surface area contributed by atoms with Crippen LogP contribution in [0.3, 0.4) is 0 Å². The van der Waals surface area contributed by atoms with Gasteiger partial charge in [-0.2, -0.15) is 0 Å². The van der Waals surface area contributed by atoms with Crippen LogP contribution in [0.15, 0.2) is 48.5 Å². The molecule has 0 aliphatic carbocycles. The van der Waals surface area contributed by atoms with Gasteiger partial charge in [-0.3, -0.25) is 4.79 Å². The highest BCUT2D eigenvalue weighted by molar-refractivity contribution is 5.82. The molecule has 0 aliphatic heterocycles. The number of hydrogen-bond donors (Lipinski definition) is 2. The van der Waals surface area contributed by atoms with Crippen molar-refractivity contribution >= 4 is 5.91 Å². The smallest absolute Gasteiger partial charge is 0.241 e. The van der Waals surface area contributed by atoms with E-state index in [0.717, 1.165) is 16.7 Å². The summed E-state index contributed by atoms with van der Waals surface area (Å²) in [5.74, 6) is -0.452. The molecule has 2 aromatic carbocycles. The van der Waals surface area contributed by atoms with Crippen LogP contribution in [0.5, 0.6) is 0 Å². The van der Waals surface area contributed by atoms with Crippen LogP contribution in [0.1, 0.15) is 22.7 Å². The maximum atomic E-state index is 13.0. The van der Waals surface area contributed by atoms with Gasteiger partial charge in [0, 0.05) is 6.54 Å². The van der Waals surface area contributed by atoms with Crippen LogP contribution < -0.4 is 11.1 Å². The van der Waals surface area contributed by atoms with E-state index >= 15 is 0 Å². The second-order valence-electron chi connectivity index (χ2n) is 5.00. The molecule has 3 nitrogen and oxygen atoms in total. The number of carbonyl (C=O) groups excluding carboxylic acids is 1. The molecule has 0 bridgehead atoms. The fourth-order valence-electron chi connectivity index (χ4n) is 2.18. The molecular weight excluding hydrogens is 267 g/mol. The lowest BCUT2D eigenvalue weighted by atomic mass is 10.0. The molecule has 4 heteroatoms. The highest BCUT2D eigenvalue weighted by Gasteiger charge is 2.14. The van der Waals surface area contributed by atoms with E-state index in [-0.39, 0.29) is 11.7 Å². The van der Waals surface area contributed by atoms with Crippen molar-refractivity contribution in [1.82, 2.24) is 5.32 Å². The van der Waals surface area contributed by atoms with Crippen LogP contribution >= 0.6 is 0 Å². The van der Waals surface area contributed by atoms with Crippen molar-refractivity contribution in [3.63, 3.8) is 0 Å². The molecule has 0 radical (unpaired) electrons. The third-order valence-corrected chi connectivity index (χ3v) is 3.44. The van der Waals surface area contributed by atoms with Crippen LogP contribution in [0, 0.1) is 12.7 Å². The highest BCUT2D eigenvalue weighted by Crippen LogP contribution is 2.11. The quantitative estimate of drug-likeness (QED) is 0.887. The van der Waals surface area contributed by atoms with Crippen LogP contribution in [0.4, 0.5) is 4.39 Å². The first kappa shape index (κ1) is 15.2. The van der Waals surface area contributed by atoms with Gasteiger partial charge in [0.05, 0.1) is 0 Å². The van der Waals surface area contributed by atoms with Gasteiger partial charge in [-0.25, -0.2) is 4.39 Å². The first-order valence-corrected chi connectivity index (χ1v) is 6.91. The summed E-state index contributed by atoms with van der Waals surface area (Å²) in [5.41, 5.74) is 8.60. The number of nitrogens with two attached hydrogens (primary N) is 1. The molecule has 1 amide bonds. The van der Waals surface area contributed by atoms with Crippen LogP contribution in [0.25, 0.3) is 0 Å². The van der Waals surface area contributed by atoms with Gasteiger partial charge in [0.2, 0.25) is 5.91 Å². The monoisotopic (exact) mass is 286 g/mol. The van der Waals surface area contributed by atoms with Crippen molar-refractivity contribution in [3.05, 3.63) is 71.0 Å². The second-order valence-corrected chi connectivity index (χ2v) is 5.00. The topological polar surface area (TPSA) is 55.1 Å². The molecule has 1 unspecified atom stereocenters. The molecular formula is C17H19FN2O. The maximum absolute atomic E-state index is 13.0. The minimum atomic E-state index is -0.666. The van der Waals surface area contributed by atoms with E-state index in [9.17, 15) is 9.18 Å². The van der Waals surface area contributed by atoms with E-state index in [1.165, 1.54) is 12.1 Å². The Hall–Kier alpha value is -2.20. The normalized spacial score (nSPS) is 12.0. The lowest BCUT2D eigenvalue weighted by Crippen LogP contribution is -2.35. The van der Waals surface area contributed by atoms with Crippen LogP contribution in [-0.2, 0) is 11.2 Å². The molecule has 2 rings (SSSR count). The van der Waals surface area contributed by atoms with Crippen molar-refractivity contribution in [3.8, 4) is 0 Å². The molecule has 21 heavy (non-hydrogen) atoms. The first-order valence-electron chi connectivity index (χ1n) is 6.91. The molecule has 0 fully saturated rings. The number of halogens is 1. The third-order valence-electron chi connectivity index (χ3n) is 3.44. The predicted molar refractivity (Wildman–Crippen MR) is 81.2 cm³/mol. The van der Waals surface area contributed by atoms with Gasteiger partial charge in [0.1, 0.15) is 11.9 Å². The van der Waals surface area contributed by atoms with Gasteiger partial charge in [-0.05, 0) is 42.2 Å². The Kier molecular flexibility index (Phi) is 5.06.